The van der Waals surface area contributed by atoms with E-state index in [9.17, 15) is 14.4 Å². The molecule has 3 rings (SSSR count). The van der Waals surface area contributed by atoms with Crippen LogP contribution in [-0.2, 0) is 19.1 Å². The average Bonchev–Trinajstić information content (AvgIpc) is 2.74. The highest BCUT2D eigenvalue weighted by Crippen LogP contribution is 2.21. The van der Waals surface area contributed by atoms with Crippen LogP contribution in [0.1, 0.15) is 19.8 Å². The van der Waals surface area contributed by atoms with Gasteiger partial charge in [0, 0.05) is 50.6 Å². The zero-order chi connectivity index (χ0) is 20.8. The number of nitrogens with one attached hydrogen (secondary N) is 1. The largest absolute Gasteiger partial charge is 0.466 e. The molecule has 2 heterocycles. The number of likely N-dealkylation sites (N-methyl/N-ethyl adjacent to an activating group) is 1. The number of carbonyl (C=O) groups excluding carboxylic acids is 3. The molecule has 0 unspecified atom stereocenters. The maximum atomic E-state index is 12.4. The van der Waals surface area contributed by atoms with Crippen molar-refractivity contribution in [3.05, 3.63) is 24.3 Å². The Hall–Kier alpha value is -2.61. The average molecular weight is 402 g/mol. The second kappa shape index (κ2) is 9.73. The Morgan fingerprint density at radius 3 is 2.21 bits per heavy atom. The van der Waals surface area contributed by atoms with Gasteiger partial charge in [-0.15, -0.1) is 0 Å². The molecule has 2 saturated heterocycles. The second-order valence-corrected chi connectivity index (χ2v) is 7.61. The summed E-state index contributed by atoms with van der Waals surface area (Å²) in [4.78, 5) is 42.7. The molecule has 2 aliphatic heterocycles. The lowest BCUT2D eigenvalue weighted by atomic mass is 9.97. The number of esters is 1. The normalized spacial score (nSPS) is 18.4. The minimum absolute atomic E-state index is 0.191. The lowest BCUT2D eigenvalue weighted by Crippen LogP contribution is -2.45. The number of amides is 2. The van der Waals surface area contributed by atoms with E-state index in [2.05, 4.69) is 22.2 Å². The van der Waals surface area contributed by atoms with Gasteiger partial charge < -0.3 is 24.8 Å². The smallest absolute Gasteiger partial charge is 0.313 e. The molecule has 1 aromatic carbocycles. The summed E-state index contributed by atoms with van der Waals surface area (Å²) in [5.74, 6) is -1.61. The highest BCUT2D eigenvalue weighted by Gasteiger charge is 2.30. The van der Waals surface area contributed by atoms with E-state index in [1.807, 2.05) is 24.3 Å². The molecule has 1 aromatic rings. The van der Waals surface area contributed by atoms with E-state index >= 15 is 0 Å². The van der Waals surface area contributed by atoms with Gasteiger partial charge in [-0.1, -0.05) is 0 Å². The Morgan fingerprint density at radius 1 is 1.00 bits per heavy atom. The van der Waals surface area contributed by atoms with Crippen molar-refractivity contribution in [3.8, 4) is 0 Å². The molecule has 0 saturated carbocycles. The van der Waals surface area contributed by atoms with Crippen molar-refractivity contribution in [2.24, 2.45) is 5.92 Å². The van der Waals surface area contributed by atoms with Crippen LogP contribution in [0.3, 0.4) is 0 Å². The van der Waals surface area contributed by atoms with Crippen molar-refractivity contribution in [1.29, 1.82) is 0 Å². The fourth-order valence-corrected chi connectivity index (χ4v) is 3.73. The molecule has 0 aromatic heterocycles. The number of benzene rings is 1. The van der Waals surface area contributed by atoms with Crippen molar-refractivity contribution in [3.63, 3.8) is 0 Å². The highest BCUT2D eigenvalue weighted by atomic mass is 16.5. The van der Waals surface area contributed by atoms with Gasteiger partial charge in [-0.05, 0) is 51.1 Å². The van der Waals surface area contributed by atoms with Gasteiger partial charge >= 0.3 is 17.8 Å². The molecular formula is C21H30N4O4. The fourth-order valence-electron chi connectivity index (χ4n) is 3.73. The number of ether oxygens (including phenoxy) is 1. The van der Waals surface area contributed by atoms with Crippen LogP contribution >= 0.6 is 0 Å². The van der Waals surface area contributed by atoms with Crippen molar-refractivity contribution in [2.45, 2.75) is 19.8 Å². The Morgan fingerprint density at radius 2 is 1.62 bits per heavy atom. The van der Waals surface area contributed by atoms with Gasteiger partial charge in [-0.3, -0.25) is 14.4 Å². The number of hydrogen-bond donors (Lipinski definition) is 1. The van der Waals surface area contributed by atoms with Gasteiger partial charge in [0.2, 0.25) is 0 Å². The Bertz CT molecular complexity index is 721. The van der Waals surface area contributed by atoms with Crippen LogP contribution in [0.25, 0.3) is 0 Å². The van der Waals surface area contributed by atoms with Crippen LogP contribution in [0.5, 0.6) is 0 Å². The summed E-state index contributed by atoms with van der Waals surface area (Å²) in [6.45, 7) is 6.91. The maximum Gasteiger partial charge on any atom is 0.313 e. The SMILES string of the molecule is CCOC(=O)C1CCN(C(=O)C(=O)Nc2ccc(N3CCN(C)CC3)cc2)CC1. The van der Waals surface area contributed by atoms with Gasteiger partial charge in [0.1, 0.15) is 0 Å². The number of likely N-dealkylation sites (tertiary alicyclic amines) is 1. The molecule has 8 heteroatoms. The first kappa shape index (κ1) is 21.1. The summed E-state index contributed by atoms with van der Waals surface area (Å²) in [7, 11) is 2.12. The lowest BCUT2D eigenvalue weighted by Gasteiger charge is -2.34. The van der Waals surface area contributed by atoms with Crippen LogP contribution in [0.2, 0.25) is 0 Å². The molecule has 0 bridgehead atoms. The number of piperidine rings is 1. The molecule has 29 heavy (non-hydrogen) atoms. The monoisotopic (exact) mass is 402 g/mol. The van der Waals surface area contributed by atoms with Crippen molar-refractivity contribution in [2.75, 3.05) is 63.1 Å². The summed E-state index contributed by atoms with van der Waals surface area (Å²) in [5, 5.41) is 2.68. The fraction of sp³-hybridized carbons (Fsp3) is 0.571. The van der Waals surface area contributed by atoms with E-state index in [0.29, 0.717) is 38.2 Å². The highest BCUT2D eigenvalue weighted by molar-refractivity contribution is 6.39. The number of anilines is 2. The molecule has 2 amide bonds. The molecular weight excluding hydrogens is 372 g/mol. The predicted molar refractivity (Wildman–Crippen MR) is 111 cm³/mol. The number of nitrogens with zero attached hydrogens (tertiary/aromatic N) is 3. The molecule has 2 fully saturated rings. The maximum absolute atomic E-state index is 12.4. The third-order valence-corrected chi connectivity index (χ3v) is 5.59. The van der Waals surface area contributed by atoms with Crippen LogP contribution < -0.4 is 10.2 Å². The number of rotatable bonds is 4. The van der Waals surface area contributed by atoms with E-state index < -0.39 is 11.8 Å². The van der Waals surface area contributed by atoms with E-state index in [1.165, 1.54) is 4.90 Å². The molecule has 0 radical (unpaired) electrons. The minimum Gasteiger partial charge on any atom is -0.466 e. The number of piperazine rings is 1. The van der Waals surface area contributed by atoms with E-state index in [0.717, 1.165) is 31.9 Å². The molecule has 158 valence electrons. The molecule has 0 atom stereocenters. The van der Waals surface area contributed by atoms with Gasteiger partial charge in [-0.25, -0.2) is 0 Å². The van der Waals surface area contributed by atoms with Crippen LogP contribution in [0.15, 0.2) is 24.3 Å². The quantitative estimate of drug-likeness (QED) is 0.602. The van der Waals surface area contributed by atoms with Gasteiger partial charge in [0.05, 0.1) is 12.5 Å². The number of carbonyl (C=O) groups is 3. The zero-order valence-electron chi connectivity index (χ0n) is 17.2. The summed E-state index contributed by atoms with van der Waals surface area (Å²) in [6.07, 6.45) is 1.05. The Kier molecular flexibility index (Phi) is 7.09. The molecule has 1 N–H and O–H groups in total. The predicted octanol–water partition coefficient (Wildman–Crippen LogP) is 1.18. The van der Waals surface area contributed by atoms with Crippen molar-refractivity contribution < 1.29 is 19.1 Å². The van der Waals surface area contributed by atoms with Crippen LogP contribution in [0.4, 0.5) is 11.4 Å². The van der Waals surface area contributed by atoms with E-state index in [4.69, 9.17) is 4.74 Å². The molecule has 0 aliphatic carbocycles. The molecule has 8 nitrogen and oxygen atoms in total. The third-order valence-electron chi connectivity index (χ3n) is 5.59. The first-order chi connectivity index (χ1) is 14.0. The van der Waals surface area contributed by atoms with Crippen LogP contribution in [0, 0.1) is 5.92 Å². The first-order valence-corrected chi connectivity index (χ1v) is 10.3. The Balaban J connectivity index is 1.48. The second-order valence-electron chi connectivity index (χ2n) is 7.61. The first-order valence-electron chi connectivity index (χ1n) is 10.3. The zero-order valence-corrected chi connectivity index (χ0v) is 17.2. The molecule has 2 aliphatic rings. The van der Waals surface area contributed by atoms with E-state index in [-0.39, 0.29) is 11.9 Å². The standard InChI is InChI=1S/C21H30N4O4/c1-3-29-21(28)16-8-10-25(11-9-16)20(27)19(26)22-17-4-6-18(7-5-17)24-14-12-23(2)13-15-24/h4-7,16H,3,8-15H2,1-2H3,(H,22,26). The minimum atomic E-state index is -0.646. The van der Waals surface area contributed by atoms with Gasteiger partial charge in [0.25, 0.3) is 0 Å². The van der Waals surface area contributed by atoms with Gasteiger partial charge in [-0.2, -0.15) is 0 Å². The van der Waals surface area contributed by atoms with Crippen molar-refractivity contribution >= 4 is 29.2 Å². The lowest BCUT2D eigenvalue weighted by molar-refractivity contribution is -0.152. The summed E-state index contributed by atoms with van der Waals surface area (Å²) in [6, 6.07) is 7.59. The topological polar surface area (TPSA) is 82.2 Å². The summed E-state index contributed by atoms with van der Waals surface area (Å²) < 4.78 is 5.03. The summed E-state index contributed by atoms with van der Waals surface area (Å²) >= 11 is 0. The summed E-state index contributed by atoms with van der Waals surface area (Å²) in [5.41, 5.74) is 1.71. The van der Waals surface area contributed by atoms with Crippen molar-refractivity contribution in [1.82, 2.24) is 9.80 Å². The Labute approximate surface area is 171 Å². The third kappa shape index (κ3) is 5.47. The van der Waals surface area contributed by atoms with Gasteiger partial charge in [0.15, 0.2) is 0 Å². The van der Waals surface area contributed by atoms with E-state index in [1.54, 1.807) is 6.92 Å². The number of hydrogen-bond acceptors (Lipinski definition) is 6. The molecule has 0 spiro atoms. The van der Waals surface area contributed by atoms with Crippen LogP contribution in [-0.4, -0.2) is 80.5 Å².